The minimum atomic E-state index is 0.125. The highest BCUT2D eigenvalue weighted by atomic mass is 35.5. The van der Waals surface area contributed by atoms with Crippen LogP contribution < -0.4 is 9.47 Å². The lowest BCUT2D eigenvalue weighted by Gasteiger charge is -2.24. The zero-order chi connectivity index (χ0) is 12.1. The number of alkyl halides is 1. The predicted octanol–water partition coefficient (Wildman–Crippen LogP) is 2.99. The summed E-state index contributed by atoms with van der Waals surface area (Å²) >= 11 is 5.78. The van der Waals surface area contributed by atoms with Crippen molar-refractivity contribution in [3.63, 3.8) is 0 Å². The van der Waals surface area contributed by atoms with E-state index >= 15 is 0 Å². The van der Waals surface area contributed by atoms with Gasteiger partial charge < -0.3 is 14.2 Å². The molecule has 3 nitrogen and oxygen atoms in total. The van der Waals surface area contributed by atoms with Gasteiger partial charge in [-0.25, -0.2) is 0 Å². The third-order valence-corrected chi connectivity index (χ3v) is 3.10. The summed E-state index contributed by atoms with van der Waals surface area (Å²) in [6.45, 7) is 1.49. The van der Waals surface area contributed by atoms with Gasteiger partial charge in [-0.05, 0) is 30.5 Å². The van der Waals surface area contributed by atoms with Crippen LogP contribution in [-0.4, -0.2) is 26.4 Å². The van der Waals surface area contributed by atoms with Crippen molar-refractivity contribution in [1.82, 2.24) is 0 Å². The Kier molecular flexibility index (Phi) is 4.51. The van der Waals surface area contributed by atoms with Gasteiger partial charge in [0, 0.05) is 12.5 Å². The lowest BCUT2D eigenvalue weighted by Crippen LogP contribution is -2.28. The predicted molar refractivity (Wildman–Crippen MR) is 67.0 cm³/mol. The first-order valence-corrected chi connectivity index (χ1v) is 6.34. The number of rotatable bonds is 4. The second-order valence-corrected chi connectivity index (χ2v) is 4.34. The van der Waals surface area contributed by atoms with Gasteiger partial charge in [0.1, 0.15) is 6.10 Å². The van der Waals surface area contributed by atoms with Gasteiger partial charge in [-0.1, -0.05) is 6.07 Å². The number of hydrogen-bond acceptors (Lipinski definition) is 3. The van der Waals surface area contributed by atoms with E-state index in [-0.39, 0.29) is 6.10 Å². The Balaban J connectivity index is 2.08. The number of halogens is 1. The molecule has 0 amide bonds. The molecule has 0 spiro atoms. The van der Waals surface area contributed by atoms with Crippen molar-refractivity contribution in [2.24, 2.45) is 0 Å². The highest BCUT2D eigenvalue weighted by Gasteiger charge is 2.17. The van der Waals surface area contributed by atoms with Gasteiger partial charge in [0.2, 0.25) is 0 Å². The minimum absolute atomic E-state index is 0.125. The largest absolute Gasteiger partial charge is 0.493 e. The standard InChI is InChI=1S/C13H17ClO3/c1-15-13-7-10(8-14)4-5-12(13)17-11-3-2-6-16-9-11/h4-5,7,11H,2-3,6,8-9H2,1H3. The van der Waals surface area contributed by atoms with Crippen molar-refractivity contribution < 1.29 is 14.2 Å². The van der Waals surface area contributed by atoms with Crippen LogP contribution in [-0.2, 0) is 10.6 Å². The smallest absolute Gasteiger partial charge is 0.161 e. The third kappa shape index (κ3) is 3.27. The molecule has 1 fully saturated rings. The fraction of sp³-hybridized carbons (Fsp3) is 0.538. The van der Waals surface area contributed by atoms with E-state index in [1.807, 2.05) is 18.2 Å². The number of hydrogen-bond donors (Lipinski definition) is 0. The molecule has 17 heavy (non-hydrogen) atoms. The maximum Gasteiger partial charge on any atom is 0.161 e. The molecule has 1 aliphatic heterocycles. The molecule has 1 aromatic carbocycles. The summed E-state index contributed by atoms with van der Waals surface area (Å²) in [5.41, 5.74) is 1.02. The van der Waals surface area contributed by atoms with Gasteiger partial charge in [0.05, 0.1) is 13.7 Å². The second kappa shape index (κ2) is 6.12. The molecular weight excluding hydrogens is 240 g/mol. The quantitative estimate of drug-likeness (QED) is 0.775. The van der Waals surface area contributed by atoms with Crippen LogP contribution in [0, 0.1) is 0 Å². The van der Waals surface area contributed by atoms with Crippen molar-refractivity contribution in [2.45, 2.75) is 24.8 Å². The van der Waals surface area contributed by atoms with Crippen LogP contribution in [0.2, 0.25) is 0 Å². The van der Waals surface area contributed by atoms with E-state index in [1.165, 1.54) is 0 Å². The van der Waals surface area contributed by atoms with Crippen LogP contribution in [0.3, 0.4) is 0 Å². The van der Waals surface area contributed by atoms with E-state index in [0.717, 1.165) is 36.5 Å². The van der Waals surface area contributed by atoms with E-state index < -0.39 is 0 Å². The molecule has 4 heteroatoms. The van der Waals surface area contributed by atoms with E-state index in [4.69, 9.17) is 25.8 Å². The van der Waals surface area contributed by atoms with Gasteiger partial charge >= 0.3 is 0 Å². The summed E-state index contributed by atoms with van der Waals surface area (Å²) in [5.74, 6) is 1.97. The van der Waals surface area contributed by atoms with Crippen LogP contribution in [0.4, 0.5) is 0 Å². The zero-order valence-corrected chi connectivity index (χ0v) is 10.7. The molecule has 1 atom stereocenters. The second-order valence-electron chi connectivity index (χ2n) is 4.08. The van der Waals surface area contributed by atoms with Crippen LogP contribution >= 0.6 is 11.6 Å². The molecule has 0 aliphatic carbocycles. The van der Waals surface area contributed by atoms with Gasteiger partial charge in [-0.3, -0.25) is 0 Å². The maximum atomic E-state index is 5.88. The number of ether oxygens (including phenoxy) is 3. The topological polar surface area (TPSA) is 27.7 Å². The molecule has 1 aromatic rings. The monoisotopic (exact) mass is 256 g/mol. The zero-order valence-electron chi connectivity index (χ0n) is 9.95. The van der Waals surface area contributed by atoms with Crippen LogP contribution in [0.15, 0.2) is 18.2 Å². The fourth-order valence-electron chi connectivity index (χ4n) is 1.88. The van der Waals surface area contributed by atoms with E-state index in [1.54, 1.807) is 7.11 Å². The lowest BCUT2D eigenvalue weighted by molar-refractivity contribution is 0.00643. The Labute approximate surface area is 107 Å². The molecule has 0 aromatic heterocycles. The van der Waals surface area contributed by atoms with Crippen LogP contribution in [0.1, 0.15) is 18.4 Å². The average molecular weight is 257 g/mol. The van der Waals surface area contributed by atoms with Gasteiger partial charge in [0.25, 0.3) is 0 Å². The molecule has 1 unspecified atom stereocenters. The number of benzene rings is 1. The summed E-state index contributed by atoms with van der Waals surface area (Å²) in [5, 5.41) is 0. The van der Waals surface area contributed by atoms with Crippen LogP contribution in [0.25, 0.3) is 0 Å². The molecule has 1 saturated heterocycles. The van der Waals surface area contributed by atoms with Gasteiger partial charge in [0.15, 0.2) is 11.5 Å². The molecule has 0 radical (unpaired) electrons. The Bertz CT molecular complexity index is 362. The molecule has 1 heterocycles. The first-order chi connectivity index (χ1) is 8.33. The van der Waals surface area contributed by atoms with E-state index in [9.17, 15) is 0 Å². The fourth-order valence-corrected chi connectivity index (χ4v) is 2.04. The highest BCUT2D eigenvalue weighted by Crippen LogP contribution is 2.30. The van der Waals surface area contributed by atoms with E-state index in [2.05, 4.69) is 0 Å². The summed E-state index contributed by atoms with van der Waals surface area (Å²) in [6, 6.07) is 5.77. The third-order valence-electron chi connectivity index (χ3n) is 2.79. The summed E-state index contributed by atoms with van der Waals surface area (Å²) in [7, 11) is 1.64. The summed E-state index contributed by atoms with van der Waals surface area (Å²) < 4.78 is 16.6. The first kappa shape index (κ1) is 12.5. The molecule has 0 saturated carbocycles. The Hall–Kier alpha value is -0.930. The molecule has 94 valence electrons. The normalized spacial score (nSPS) is 20.0. The Morgan fingerprint density at radius 3 is 2.94 bits per heavy atom. The van der Waals surface area contributed by atoms with Crippen molar-refractivity contribution in [1.29, 1.82) is 0 Å². The molecule has 1 aliphatic rings. The van der Waals surface area contributed by atoms with Crippen molar-refractivity contribution in [2.75, 3.05) is 20.3 Å². The van der Waals surface area contributed by atoms with Crippen LogP contribution in [0.5, 0.6) is 11.5 Å². The highest BCUT2D eigenvalue weighted by molar-refractivity contribution is 6.17. The molecule has 0 bridgehead atoms. The average Bonchev–Trinajstić information content (AvgIpc) is 2.40. The Morgan fingerprint density at radius 1 is 1.41 bits per heavy atom. The maximum absolute atomic E-state index is 5.88. The minimum Gasteiger partial charge on any atom is -0.493 e. The summed E-state index contributed by atoms with van der Waals surface area (Å²) in [4.78, 5) is 0. The van der Waals surface area contributed by atoms with Crippen molar-refractivity contribution in [3.8, 4) is 11.5 Å². The van der Waals surface area contributed by atoms with Crippen molar-refractivity contribution >= 4 is 11.6 Å². The molecule has 0 N–H and O–H groups in total. The Morgan fingerprint density at radius 2 is 2.29 bits per heavy atom. The summed E-state index contributed by atoms with van der Waals surface area (Å²) in [6.07, 6.45) is 2.20. The molecular formula is C13H17ClO3. The van der Waals surface area contributed by atoms with Gasteiger partial charge in [-0.2, -0.15) is 0 Å². The van der Waals surface area contributed by atoms with E-state index in [0.29, 0.717) is 12.5 Å². The lowest BCUT2D eigenvalue weighted by atomic mass is 10.1. The van der Waals surface area contributed by atoms with Gasteiger partial charge in [-0.15, -0.1) is 11.6 Å². The number of methoxy groups -OCH3 is 1. The van der Waals surface area contributed by atoms with Crippen molar-refractivity contribution in [3.05, 3.63) is 23.8 Å². The first-order valence-electron chi connectivity index (χ1n) is 5.80. The SMILES string of the molecule is COc1cc(CCl)ccc1OC1CCCOC1. The molecule has 2 rings (SSSR count).